The van der Waals surface area contributed by atoms with Gasteiger partial charge in [-0.3, -0.25) is 0 Å². The van der Waals surface area contributed by atoms with Crippen LogP contribution >= 0.6 is 0 Å². The van der Waals surface area contributed by atoms with Crippen molar-refractivity contribution < 1.29 is 4.42 Å². The van der Waals surface area contributed by atoms with Crippen LogP contribution in [0, 0.1) is 11.8 Å². The normalized spacial score (nSPS) is 25.1. The maximum atomic E-state index is 7.19. The summed E-state index contributed by atoms with van der Waals surface area (Å²) in [6.45, 7) is 32.2. The minimum Gasteiger partial charge on any atom is -0.469 e. The molecule has 0 N–H and O–H groups in total. The van der Waals surface area contributed by atoms with Crippen LogP contribution in [0.1, 0.15) is 142 Å². The SMILES string of the molecule is C=C/C=C1\C=C\N(C2=C(C3=CC=CCC3)CC(C(C)C)C=C2)C(/C=C\C(=C)C)=C\[B]c2oc3cc4c(cc3c2N1c1ccc2c(c1)C(C)(C)CCC2C)C(C)(C)CCC4(C)C. The molecule has 3 aromatic rings. The number of furan rings is 1. The van der Waals surface area contributed by atoms with Crippen molar-refractivity contribution in [3.8, 4) is 0 Å². The van der Waals surface area contributed by atoms with Crippen molar-refractivity contribution in [1.82, 2.24) is 4.90 Å². The molecule has 2 atom stereocenters. The summed E-state index contributed by atoms with van der Waals surface area (Å²) in [4.78, 5) is 4.84. The zero-order valence-corrected chi connectivity index (χ0v) is 38.8. The molecule has 4 aliphatic carbocycles. The van der Waals surface area contributed by atoms with Gasteiger partial charge in [0.2, 0.25) is 7.28 Å². The summed E-state index contributed by atoms with van der Waals surface area (Å²) in [5, 5.41) is 1.13. The smallest absolute Gasteiger partial charge is 0.236 e. The number of benzene rings is 2. The van der Waals surface area contributed by atoms with Crippen molar-refractivity contribution in [3.63, 3.8) is 0 Å². The first-order valence-corrected chi connectivity index (χ1v) is 23.0. The maximum absolute atomic E-state index is 7.19. The number of nitrogens with zero attached hydrogens (tertiary/aromatic N) is 2. The standard InChI is InChI=1S/C57H68BN2O/c1-13-17-42-27-31-59(51-25-21-41(38(4)5)32-46(51)40-18-15-14-16-19-40)44(22-20-37(2)3)36-58-54-53(60(42)43-23-24-45-39(6)26-28-55(7,8)48(45)33-43)47-34-49-50(35-52(47)61-54)57(11,12)30-29-56(49,9)10/h13-15,17-18,20-25,27,31,33-36,38-39,41H,1-2,16,19,26,28-30,32H2,3-12H3/b22-20-,31-27+,42-17+,44-36-. The Morgan fingerprint density at radius 3 is 2.38 bits per heavy atom. The molecule has 315 valence electrons. The monoisotopic (exact) mass is 808 g/mol. The van der Waals surface area contributed by atoms with E-state index in [1.54, 1.807) is 0 Å². The summed E-state index contributed by atoms with van der Waals surface area (Å²) in [5.41, 5.74) is 16.9. The number of rotatable bonds is 7. The molecular formula is C57H68BN2O. The van der Waals surface area contributed by atoms with Gasteiger partial charge in [-0.15, -0.1) is 0 Å². The summed E-state index contributed by atoms with van der Waals surface area (Å²) < 4.78 is 7.19. The van der Waals surface area contributed by atoms with Gasteiger partial charge in [0.1, 0.15) is 5.58 Å². The van der Waals surface area contributed by atoms with Crippen molar-refractivity contribution in [2.45, 2.75) is 136 Å². The van der Waals surface area contributed by atoms with E-state index < -0.39 is 0 Å². The fourth-order valence-electron chi connectivity index (χ4n) is 10.4. The average Bonchev–Trinajstić information content (AvgIpc) is 3.58. The first kappa shape index (κ1) is 42.7. The fraction of sp³-hybridized carbons (Fsp3) is 0.404. The molecule has 0 saturated heterocycles. The first-order chi connectivity index (χ1) is 29.0. The predicted octanol–water partition coefficient (Wildman–Crippen LogP) is 15.1. The van der Waals surface area contributed by atoms with Crippen molar-refractivity contribution >= 4 is 35.3 Å². The highest BCUT2D eigenvalue weighted by molar-refractivity contribution is 6.60. The molecule has 0 saturated carbocycles. The third-order valence-electron chi connectivity index (χ3n) is 14.6. The van der Waals surface area contributed by atoms with E-state index in [1.165, 1.54) is 51.9 Å². The topological polar surface area (TPSA) is 19.6 Å². The van der Waals surface area contributed by atoms with Crippen molar-refractivity contribution in [3.05, 3.63) is 172 Å². The summed E-state index contributed by atoms with van der Waals surface area (Å²) in [6, 6.07) is 12.1. The van der Waals surface area contributed by atoms with Crippen LogP contribution in [-0.4, -0.2) is 12.2 Å². The van der Waals surface area contributed by atoms with Crippen LogP contribution in [0.3, 0.4) is 0 Å². The van der Waals surface area contributed by atoms with E-state index in [0.717, 1.165) is 77.1 Å². The number of allylic oxidation sites excluding steroid dienone is 13. The lowest BCUT2D eigenvalue weighted by Gasteiger charge is -2.41. The largest absolute Gasteiger partial charge is 0.469 e. The molecule has 0 fully saturated rings. The van der Waals surface area contributed by atoms with E-state index in [1.807, 2.05) is 6.08 Å². The molecule has 2 aromatic carbocycles. The number of hydrogen-bond acceptors (Lipinski definition) is 3. The van der Waals surface area contributed by atoms with Gasteiger partial charge < -0.3 is 14.2 Å². The molecule has 4 heteroatoms. The maximum Gasteiger partial charge on any atom is 0.236 e. The van der Waals surface area contributed by atoms with Crippen LogP contribution in [0.15, 0.2) is 155 Å². The summed E-state index contributed by atoms with van der Waals surface area (Å²) >= 11 is 0. The second kappa shape index (κ2) is 16.4. The quantitative estimate of drug-likeness (QED) is 0.175. The Kier molecular flexibility index (Phi) is 11.5. The van der Waals surface area contributed by atoms with Crippen LogP contribution in [0.2, 0.25) is 0 Å². The van der Waals surface area contributed by atoms with Gasteiger partial charge in [-0.05, 0) is 168 Å². The van der Waals surface area contributed by atoms with Gasteiger partial charge in [-0.1, -0.05) is 130 Å². The lowest BCUT2D eigenvalue weighted by molar-refractivity contribution is 0.332. The molecule has 0 spiro atoms. The highest BCUT2D eigenvalue weighted by atomic mass is 16.3. The lowest BCUT2D eigenvalue weighted by atomic mass is 9.63. The van der Waals surface area contributed by atoms with E-state index in [4.69, 9.17) is 4.42 Å². The molecule has 0 bridgehead atoms. The Balaban J connectivity index is 1.43. The number of anilines is 2. The summed E-state index contributed by atoms with van der Waals surface area (Å²) in [6.07, 6.45) is 32.5. The molecule has 2 unspecified atom stereocenters. The predicted molar refractivity (Wildman–Crippen MR) is 263 cm³/mol. The summed E-state index contributed by atoms with van der Waals surface area (Å²) in [5.74, 6) is 3.79. The fourth-order valence-corrected chi connectivity index (χ4v) is 10.4. The minimum absolute atomic E-state index is 0.0391. The zero-order valence-electron chi connectivity index (χ0n) is 38.8. The summed E-state index contributed by atoms with van der Waals surface area (Å²) in [7, 11) is 2.21. The Hall–Kier alpha value is -4.96. The Morgan fingerprint density at radius 1 is 0.951 bits per heavy atom. The second-order valence-electron chi connectivity index (χ2n) is 20.9. The average molecular weight is 808 g/mol. The van der Waals surface area contributed by atoms with E-state index >= 15 is 0 Å². The highest BCUT2D eigenvalue weighted by Crippen LogP contribution is 2.50. The molecule has 5 aliphatic rings. The molecular weight excluding hydrogens is 739 g/mol. The Labute approximate surface area is 368 Å². The van der Waals surface area contributed by atoms with Crippen LogP contribution in [0.25, 0.3) is 11.0 Å². The molecule has 1 aromatic heterocycles. The molecule has 1 aliphatic heterocycles. The Bertz CT molecular complexity index is 2510. The highest BCUT2D eigenvalue weighted by Gasteiger charge is 2.39. The van der Waals surface area contributed by atoms with Crippen LogP contribution in [-0.2, 0) is 16.2 Å². The van der Waals surface area contributed by atoms with Gasteiger partial charge in [0.25, 0.3) is 0 Å². The number of hydrogen-bond donors (Lipinski definition) is 0. The van der Waals surface area contributed by atoms with Gasteiger partial charge in [0.05, 0.1) is 11.3 Å². The van der Waals surface area contributed by atoms with Gasteiger partial charge in [0.15, 0.2) is 0 Å². The van der Waals surface area contributed by atoms with Crippen LogP contribution in [0.5, 0.6) is 0 Å². The molecule has 2 heterocycles. The lowest BCUT2D eigenvalue weighted by Crippen LogP contribution is -2.33. The molecule has 3 nitrogen and oxygen atoms in total. The third kappa shape index (κ3) is 8.13. The van der Waals surface area contributed by atoms with Crippen LogP contribution in [0.4, 0.5) is 11.4 Å². The Morgan fingerprint density at radius 2 is 1.69 bits per heavy atom. The molecule has 0 amide bonds. The van der Waals surface area contributed by atoms with E-state index in [2.05, 4.69) is 197 Å². The van der Waals surface area contributed by atoms with Crippen LogP contribution < -0.4 is 10.6 Å². The van der Waals surface area contributed by atoms with E-state index in [9.17, 15) is 0 Å². The van der Waals surface area contributed by atoms with Crippen molar-refractivity contribution in [2.24, 2.45) is 11.8 Å². The van der Waals surface area contributed by atoms with Gasteiger partial charge in [-0.25, -0.2) is 0 Å². The molecule has 1 radical (unpaired) electrons. The molecule has 61 heavy (non-hydrogen) atoms. The van der Waals surface area contributed by atoms with Gasteiger partial charge >= 0.3 is 0 Å². The second-order valence-corrected chi connectivity index (χ2v) is 20.9. The van der Waals surface area contributed by atoms with Gasteiger partial charge in [0, 0.05) is 34.4 Å². The third-order valence-corrected chi connectivity index (χ3v) is 14.6. The van der Waals surface area contributed by atoms with E-state index in [0.29, 0.717) is 17.8 Å². The zero-order chi connectivity index (χ0) is 43.4. The first-order valence-electron chi connectivity index (χ1n) is 23.0. The van der Waals surface area contributed by atoms with Crippen molar-refractivity contribution in [2.75, 3.05) is 4.90 Å². The number of fused-ring (bicyclic) bond motifs is 5. The van der Waals surface area contributed by atoms with Gasteiger partial charge in [-0.2, -0.15) is 0 Å². The minimum atomic E-state index is 0.0391. The van der Waals surface area contributed by atoms with Crippen molar-refractivity contribution in [1.29, 1.82) is 0 Å². The van der Waals surface area contributed by atoms with E-state index in [-0.39, 0.29) is 16.2 Å². The molecule has 8 rings (SSSR count).